The van der Waals surface area contributed by atoms with Crippen molar-refractivity contribution >= 4 is 23.1 Å². The lowest BCUT2D eigenvalue weighted by Crippen LogP contribution is -2.51. The van der Waals surface area contributed by atoms with Crippen LogP contribution in [0.15, 0.2) is 21.7 Å². The minimum Gasteiger partial charge on any atom is -0.493 e. The topological polar surface area (TPSA) is 163 Å². The van der Waals surface area contributed by atoms with Gasteiger partial charge in [0.1, 0.15) is 12.8 Å². The largest absolute Gasteiger partial charge is 0.493 e. The van der Waals surface area contributed by atoms with Crippen LogP contribution in [0.25, 0.3) is 11.2 Å². The average Bonchev–Trinajstić information content (AvgIpc) is 3.34. The molecule has 1 aromatic carbocycles. The molecule has 15 heteroatoms. The third kappa shape index (κ3) is 5.73. The average molecular weight is 577 g/mol. The maximum atomic E-state index is 13.4. The van der Waals surface area contributed by atoms with Gasteiger partial charge in [-0.25, -0.2) is 9.59 Å². The molecule has 1 unspecified atom stereocenters. The van der Waals surface area contributed by atoms with Crippen LogP contribution in [0.2, 0.25) is 0 Å². The number of methoxy groups -OCH3 is 3. The van der Waals surface area contributed by atoms with Crippen LogP contribution in [-0.4, -0.2) is 107 Å². The second-order valence-corrected chi connectivity index (χ2v) is 9.51. The maximum Gasteiger partial charge on any atom is 0.338 e. The summed E-state index contributed by atoms with van der Waals surface area (Å²) >= 11 is 0. The van der Waals surface area contributed by atoms with Gasteiger partial charge in [0.25, 0.3) is 5.56 Å². The van der Waals surface area contributed by atoms with Crippen LogP contribution in [0.5, 0.6) is 17.2 Å². The molecule has 0 amide bonds. The molecule has 1 fully saturated rings. The maximum absolute atomic E-state index is 13.4. The second-order valence-electron chi connectivity index (χ2n) is 9.51. The smallest absolute Gasteiger partial charge is 0.338 e. The molecule has 1 aliphatic rings. The Bertz CT molecular complexity index is 1500. The van der Waals surface area contributed by atoms with Crippen molar-refractivity contribution < 1.29 is 34.0 Å². The zero-order valence-electron chi connectivity index (χ0n) is 23.8. The van der Waals surface area contributed by atoms with Gasteiger partial charge in [0, 0.05) is 53.3 Å². The van der Waals surface area contributed by atoms with Crippen molar-refractivity contribution in [3.05, 3.63) is 38.5 Å². The first-order valence-corrected chi connectivity index (χ1v) is 13.1. The fourth-order valence-corrected chi connectivity index (χ4v) is 4.94. The van der Waals surface area contributed by atoms with E-state index in [2.05, 4.69) is 4.98 Å². The summed E-state index contributed by atoms with van der Waals surface area (Å²) in [7, 11) is 7.54. The molecule has 0 spiro atoms. The molecule has 0 radical (unpaired) electrons. The number of aryl methyl sites for hydroxylation is 2. The van der Waals surface area contributed by atoms with E-state index in [1.54, 1.807) is 11.6 Å². The number of piperazine rings is 1. The Morgan fingerprint density at radius 3 is 2.20 bits per heavy atom. The van der Waals surface area contributed by atoms with Crippen LogP contribution in [0.1, 0.15) is 16.8 Å². The number of fused-ring (bicyclic) bond motifs is 1. The van der Waals surface area contributed by atoms with Gasteiger partial charge in [0.05, 0.1) is 33.4 Å². The Hall–Kier alpha value is -4.08. The molecular formula is C26H36N6O9. The number of benzene rings is 1. The number of aliphatic hydroxyl groups is 2. The fourth-order valence-electron chi connectivity index (χ4n) is 4.94. The molecule has 4 rings (SSSR count). The van der Waals surface area contributed by atoms with Crippen molar-refractivity contribution in [1.82, 2.24) is 23.6 Å². The minimum atomic E-state index is -0.724. The van der Waals surface area contributed by atoms with Crippen molar-refractivity contribution in [2.75, 3.05) is 65.6 Å². The Morgan fingerprint density at radius 2 is 1.63 bits per heavy atom. The molecule has 1 atom stereocenters. The van der Waals surface area contributed by atoms with E-state index in [1.807, 2.05) is 9.80 Å². The number of rotatable bonds is 11. The van der Waals surface area contributed by atoms with E-state index < -0.39 is 23.4 Å². The van der Waals surface area contributed by atoms with Crippen molar-refractivity contribution in [2.45, 2.75) is 19.2 Å². The molecule has 0 saturated carbocycles. The Labute approximate surface area is 235 Å². The van der Waals surface area contributed by atoms with Gasteiger partial charge in [-0.05, 0) is 12.1 Å². The second kappa shape index (κ2) is 12.6. The zero-order valence-corrected chi connectivity index (χ0v) is 23.8. The Kier molecular flexibility index (Phi) is 9.20. The molecule has 41 heavy (non-hydrogen) atoms. The minimum absolute atomic E-state index is 0.101. The van der Waals surface area contributed by atoms with E-state index in [1.165, 1.54) is 45.1 Å². The van der Waals surface area contributed by atoms with Crippen molar-refractivity contribution in [1.29, 1.82) is 0 Å². The fraction of sp³-hybridized carbons (Fsp3) is 0.538. The van der Waals surface area contributed by atoms with Gasteiger partial charge in [-0.15, -0.1) is 0 Å². The Morgan fingerprint density at radius 1 is 1.00 bits per heavy atom. The SMILES string of the molecule is COc1cc(C(=O)OCCn2c(=O)c3c(nc(N4CCN(C(O)CCO)CC4)n3C)n(C)c2=O)cc(OC)c1OC. The highest BCUT2D eigenvalue weighted by Crippen LogP contribution is 2.38. The van der Waals surface area contributed by atoms with Crippen LogP contribution in [0, 0.1) is 0 Å². The molecule has 2 aromatic heterocycles. The number of carbonyl (C=O) groups excluding carboxylic acids is 1. The Balaban J connectivity index is 1.53. The molecular weight excluding hydrogens is 540 g/mol. The highest BCUT2D eigenvalue weighted by molar-refractivity contribution is 5.91. The van der Waals surface area contributed by atoms with E-state index in [0.717, 1.165) is 4.57 Å². The van der Waals surface area contributed by atoms with Crippen molar-refractivity contribution in [3.8, 4) is 17.2 Å². The number of aromatic nitrogens is 4. The summed E-state index contributed by atoms with van der Waals surface area (Å²) in [6.07, 6.45) is -0.454. The number of nitrogens with zero attached hydrogens (tertiary/aromatic N) is 6. The quantitative estimate of drug-likeness (QED) is 0.272. The van der Waals surface area contributed by atoms with Gasteiger partial charge in [0.2, 0.25) is 11.7 Å². The first kappa shape index (κ1) is 29.9. The van der Waals surface area contributed by atoms with Crippen LogP contribution in [0.4, 0.5) is 5.95 Å². The number of aliphatic hydroxyl groups excluding tert-OH is 2. The third-order valence-corrected chi connectivity index (χ3v) is 7.19. The number of esters is 1. The number of ether oxygens (including phenoxy) is 4. The first-order valence-electron chi connectivity index (χ1n) is 13.1. The summed E-state index contributed by atoms with van der Waals surface area (Å²) in [5.74, 6) is 0.719. The number of carbonyl (C=O) groups is 1. The lowest BCUT2D eigenvalue weighted by atomic mass is 10.2. The lowest BCUT2D eigenvalue weighted by Gasteiger charge is -2.37. The number of imidazole rings is 1. The summed E-state index contributed by atoms with van der Waals surface area (Å²) in [6, 6.07) is 2.90. The van der Waals surface area contributed by atoms with Crippen LogP contribution < -0.4 is 30.4 Å². The first-order chi connectivity index (χ1) is 19.7. The van der Waals surface area contributed by atoms with Crippen LogP contribution in [0.3, 0.4) is 0 Å². The van der Waals surface area contributed by atoms with Crippen LogP contribution in [-0.2, 0) is 25.4 Å². The van der Waals surface area contributed by atoms with E-state index in [9.17, 15) is 19.5 Å². The summed E-state index contributed by atoms with van der Waals surface area (Å²) < 4.78 is 25.1. The molecule has 15 nitrogen and oxygen atoms in total. The van der Waals surface area contributed by atoms with Gasteiger partial charge < -0.3 is 38.6 Å². The van der Waals surface area contributed by atoms with Crippen molar-refractivity contribution in [3.63, 3.8) is 0 Å². The molecule has 0 bridgehead atoms. The van der Waals surface area contributed by atoms with Crippen molar-refractivity contribution in [2.24, 2.45) is 14.1 Å². The molecule has 0 aliphatic carbocycles. The summed E-state index contributed by atoms with van der Waals surface area (Å²) in [5, 5.41) is 19.3. The monoisotopic (exact) mass is 576 g/mol. The van der Waals surface area contributed by atoms with E-state index in [-0.39, 0.29) is 54.4 Å². The third-order valence-electron chi connectivity index (χ3n) is 7.19. The predicted octanol–water partition coefficient (Wildman–Crippen LogP) is -0.861. The summed E-state index contributed by atoms with van der Waals surface area (Å²) in [5.41, 5.74) is -0.514. The summed E-state index contributed by atoms with van der Waals surface area (Å²) in [4.78, 5) is 47.7. The van der Waals surface area contributed by atoms with E-state index >= 15 is 0 Å². The summed E-state index contributed by atoms with van der Waals surface area (Å²) in [6.45, 7) is 1.67. The zero-order chi connectivity index (χ0) is 29.8. The van der Waals surface area contributed by atoms with Gasteiger partial charge in [0.15, 0.2) is 22.7 Å². The highest BCUT2D eigenvalue weighted by atomic mass is 16.5. The van der Waals surface area contributed by atoms with E-state index in [4.69, 9.17) is 24.1 Å². The molecule has 3 aromatic rings. The van der Waals surface area contributed by atoms with E-state index in [0.29, 0.717) is 37.9 Å². The molecule has 3 heterocycles. The predicted molar refractivity (Wildman–Crippen MR) is 148 cm³/mol. The van der Waals surface area contributed by atoms with Crippen LogP contribution >= 0.6 is 0 Å². The van der Waals surface area contributed by atoms with Gasteiger partial charge >= 0.3 is 11.7 Å². The molecule has 224 valence electrons. The number of anilines is 1. The molecule has 1 saturated heterocycles. The van der Waals surface area contributed by atoms with Gasteiger partial charge in [-0.3, -0.25) is 18.8 Å². The van der Waals surface area contributed by atoms with Gasteiger partial charge in [-0.1, -0.05) is 0 Å². The molecule has 2 N–H and O–H groups in total. The standard InChI is InChI=1S/C26H36N6O9/c1-28-20-22(27-25(28)31-9-7-30(8-10-31)19(34)6-12-33)29(2)26(37)32(23(20)35)11-13-41-24(36)16-14-17(38-3)21(40-5)18(15-16)39-4/h14-15,19,33-34H,6-13H2,1-5H3. The highest BCUT2D eigenvalue weighted by Gasteiger charge is 2.27. The normalized spacial score (nSPS) is 14.8. The number of hydrogen-bond acceptors (Lipinski definition) is 12. The lowest BCUT2D eigenvalue weighted by molar-refractivity contribution is -0.0155. The number of hydrogen-bond donors (Lipinski definition) is 2. The molecule has 1 aliphatic heterocycles. The van der Waals surface area contributed by atoms with Gasteiger partial charge in [-0.2, -0.15) is 4.98 Å².